The molecule has 0 unspecified atom stereocenters. The second kappa shape index (κ2) is 9.41. The molecule has 8 heteroatoms. The van der Waals surface area contributed by atoms with Crippen molar-refractivity contribution in [1.82, 2.24) is 25.4 Å². The quantitative estimate of drug-likeness (QED) is 0.460. The highest BCUT2D eigenvalue weighted by atomic mass is 19.3. The molecule has 2 atom stereocenters. The number of nitrogens with one attached hydrogen (secondary N) is 2. The molecule has 0 aliphatic heterocycles. The Bertz CT molecular complexity index is 1140. The van der Waals surface area contributed by atoms with Gasteiger partial charge in [-0.25, -0.2) is 8.78 Å². The molecule has 1 aliphatic rings. The Morgan fingerprint density at radius 1 is 1.26 bits per heavy atom. The third-order valence-corrected chi connectivity index (χ3v) is 7.53. The van der Waals surface area contributed by atoms with Gasteiger partial charge >= 0.3 is 0 Å². The number of likely N-dealkylation sites (N-methyl/N-ethyl adjacent to an activating group) is 1. The molecule has 0 radical (unpaired) electrons. The zero-order chi connectivity index (χ0) is 24.5. The fourth-order valence-corrected chi connectivity index (χ4v) is 5.05. The first-order chi connectivity index (χ1) is 16.1. The standard InChI is InChI=1S/C26H33F2N5O/c1-17-18(7-8-23-21(17)16-31-32-23)12-20(33(3)4)15-30-24(34)13-22(19-6-5-11-29-14-19)26(9-10-26)25(2,27)28/h5-8,11,14,16,20,22H,9-10,12-13,15H2,1-4H3,(H,30,34)(H,31,32)/t20-,22-/m0/s1. The van der Waals surface area contributed by atoms with Gasteiger partial charge in [0.25, 0.3) is 5.92 Å². The van der Waals surface area contributed by atoms with E-state index in [-0.39, 0.29) is 18.4 Å². The van der Waals surface area contributed by atoms with Gasteiger partial charge in [0.15, 0.2) is 0 Å². The number of pyridine rings is 1. The van der Waals surface area contributed by atoms with E-state index in [9.17, 15) is 13.6 Å². The van der Waals surface area contributed by atoms with Gasteiger partial charge < -0.3 is 10.2 Å². The Kier molecular flexibility index (Phi) is 6.71. The molecule has 1 aliphatic carbocycles. The first kappa shape index (κ1) is 24.3. The predicted octanol–water partition coefficient (Wildman–Crippen LogP) is 4.46. The molecule has 2 aromatic heterocycles. The van der Waals surface area contributed by atoms with Crippen LogP contribution in [0.4, 0.5) is 8.78 Å². The summed E-state index contributed by atoms with van der Waals surface area (Å²) in [7, 11) is 3.97. The normalized spacial score (nSPS) is 17.0. The van der Waals surface area contributed by atoms with Crippen molar-refractivity contribution < 1.29 is 13.6 Å². The zero-order valence-corrected chi connectivity index (χ0v) is 20.2. The maximum Gasteiger partial charge on any atom is 0.251 e. The number of fused-ring (bicyclic) bond motifs is 1. The number of amides is 1. The van der Waals surface area contributed by atoms with E-state index in [1.54, 1.807) is 24.5 Å². The van der Waals surface area contributed by atoms with Crippen LogP contribution in [0.3, 0.4) is 0 Å². The zero-order valence-electron chi connectivity index (χ0n) is 20.2. The summed E-state index contributed by atoms with van der Waals surface area (Å²) in [6, 6.07) is 7.71. The molecule has 3 aromatic rings. The summed E-state index contributed by atoms with van der Waals surface area (Å²) >= 11 is 0. The van der Waals surface area contributed by atoms with Crippen molar-refractivity contribution in [3.8, 4) is 0 Å². The summed E-state index contributed by atoms with van der Waals surface area (Å²) in [6.07, 6.45) is 6.67. The molecule has 1 fully saturated rings. The Hall–Kier alpha value is -2.87. The molecule has 0 saturated heterocycles. The summed E-state index contributed by atoms with van der Waals surface area (Å²) in [5, 5.41) is 11.2. The number of alkyl halides is 2. The van der Waals surface area contributed by atoms with E-state index in [2.05, 4.69) is 38.4 Å². The van der Waals surface area contributed by atoms with Gasteiger partial charge in [-0.05, 0) is 76.0 Å². The number of H-pyrrole nitrogens is 1. The summed E-state index contributed by atoms with van der Waals surface area (Å²) in [5.41, 5.74) is 2.88. The highest BCUT2D eigenvalue weighted by Crippen LogP contribution is 2.65. The minimum atomic E-state index is -2.86. The molecule has 1 aromatic carbocycles. The number of halogens is 2. The smallest absolute Gasteiger partial charge is 0.251 e. The van der Waals surface area contributed by atoms with E-state index < -0.39 is 17.3 Å². The molecule has 1 amide bonds. The van der Waals surface area contributed by atoms with Crippen LogP contribution < -0.4 is 5.32 Å². The molecule has 1 saturated carbocycles. The summed E-state index contributed by atoms with van der Waals surface area (Å²) < 4.78 is 29.1. The minimum Gasteiger partial charge on any atom is -0.355 e. The minimum absolute atomic E-state index is 0.0231. The SMILES string of the molecule is Cc1c(C[C@@H](CNC(=O)C[C@@H](c2cccnc2)C2(C(C)(F)F)CC2)N(C)C)ccc2[nH]ncc12. The van der Waals surface area contributed by atoms with Gasteiger partial charge in [-0.15, -0.1) is 0 Å². The van der Waals surface area contributed by atoms with Gasteiger partial charge in [0.1, 0.15) is 0 Å². The lowest BCUT2D eigenvalue weighted by molar-refractivity contribution is -0.123. The van der Waals surface area contributed by atoms with E-state index in [1.165, 1.54) is 11.1 Å². The number of hydrogen-bond acceptors (Lipinski definition) is 4. The second-order valence-corrected chi connectivity index (χ2v) is 9.89. The maximum atomic E-state index is 14.6. The molecule has 2 N–H and O–H groups in total. The second-order valence-electron chi connectivity index (χ2n) is 9.89. The van der Waals surface area contributed by atoms with Crippen LogP contribution in [-0.2, 0) is 11.2 Å². The molecular formula is C26H33F2N5O. The third-order valence-electron chi connectivity index (χ3n) is 7.53. The average Bonchev–Trinajstić information content (AvgIpc) is 3.47. The number of rotatable bonds is 10. The number of nitrogens with zero attached hydrogens (tertiary/aromatic N) is 3. The number of carbonyl (C=O) groups is 1. The number of aryl methyl sites for hydroxylation is 1. The van der Waals surface area contributed by atoms with Gasteiger partial charge in [-0.3, -0.25) is 14.9 Å². The summed E-state index contributed by atoms with van der Waals surface area (Å²) in [4.78, 5) is 19.2. The van der Waals surface area contributed by atoms with E-state index in [0.717, 1.165) is 24.2 Å². The fraction of sp³-hybridized carbons (Fsp3) is 0.500. The van der Waals surface area contributed by atoms with Crippen molar-refractivity contribution in [2.75, 3.05) is 20.6 Å². The van der Waals surface area contributed by atoms with Crippen LogP contribution in [-0.4, -0.2) is 58.6 Å². The van der Waals surface area contributed by atoms with Crippen LogP contribution in [0.15, 0.2) is 42.9 Å². The highest BCUT2D eigenvalue weighted by Gasteiger charge is 2.63. The number of carbonyl (C=O) groups excluding carboxylic acids is 1. The van der Waals surface area contributed by atoms with Gasteiger partial charge in [0.05, 0.1) is 11.7 Å². The first-order valence-corrected chi connectivity index (χ1v) is 11.7. The highest BCUT2D eigenvalue weighted by molar-refractivity contribution is 5.82. The predicted molar refractivity (Wildman–Crippen MR) is 129 cm³/mol. The van der Waals surface area contributed by atoms with E-state index in [4.69, 9.17) is 0 Å². The third kappa shape index (κ3) is 4.82. The Labute approximate surface area is 199 Å². The molecule has 0 spiro atoms. The van der Waals surface area contributed by atoms with Crippen LogP contribution in [0.25, 0.3) is 10.9 Å². The molecule has 2 heterocycles. The van der Waals surface area contributed by atoms with Gasteiger partial charge in [0.2, 0.25) is 5.91 Å². The number of benzene rings is 1. The van der Waals surface area contributed by atoms with Gasteiger partial charge in [-0.2, -0.15) is 5.10 Å². The molecule has 34 heavy (non-hydrogen) atoms. The van der Waals surface area contributed by atoms with Crippen LogP contribution >= 0.6 is 0 Å². The van der Waals surface area contributed by atoms with Crippen LogP contribution in [0.1, 0.15) is 48.8 Å². The summed E-state index contributed by atoms with van der Waals surface area (Å²) in [6.45, 7) is 3.49. The van der Waals surface area contributed by atoms with Crippen molar-refractivity contribution in [2.45, 2.75) is 57.4 Å². The Morgan fingerprint density at radius 2 is 2.03 bits per heavy atom. The lowest BCUT2D eigenvalue weighted by atomic mass is 9.77. The monoisotopic (exact) mass is 469 g/mol. The molecule has 6 nitrogen and oxygen atoms in total. The molecule has 182 valence electrons. The van der Waals surface area contributed by atoms with Gasteiger partial charge in [-0.1, -0.05) is 12.1 Å². The maximum absolute atomic E-state index is 14.6. The number of hydrogen-bond donors (Lipinski definition) is 2. The van der Waals surface area contributed by atoms with Crippen LogP contribution in [0.2, 0.25) is 0 Å². The molecular weight excluding hydrogens is 436 g/mol. The first-order valence-electron chi connectivity index (χ1n) is 11.7. The Balaban J connectivity index is 1.45. The van der Waals surface area contributed by atoms with E-state index in [1.807, 2.05) is 26.4 Å². The number of aromatic amines is 1. The van der Waals surface area contributed by atoms with Crippen molar-refractivity contribution >= 4 is 16.8 Å². The largest absolute Gasteiger partial charge is 0.355 e. The van der Waals surface area contributed by atoms with Crippen molar-refractivity contribution in [3.63, 3.8) is 0 Å². The average molecular weight is 470 g/mol. The fourth-order valence-electron chi connectivity index (χ4n) is 5.05. The lowest BCUT2D eigenvalue weighted by Crippen LogP contribution is -2.43. The summed E-state index contributed by atoms with van der Waals surface area (Å²) in [5.74, 6) is -3.63. The lowest BCUT2D eigenvalue weighted by Gasteiger charge is -2.32. The molecule has 0 bridgehead atoms. The van der Waals surface area contributed by atoms with Crippen LogP contribution in [0.5, 0.6) is 0 Å². The number of aromatic nitrogens is 3. The van der Waals surface area contributed by atoms with Crippen molar-refractivity contribution in [3.05, 3.63) is 59.5 Å². The Morgan fingerprint density at radius 3 is 2.65 bits per heavy atom. The van der Waals surface area contributed by atoms with E-state index in [0.29, 0.717) is 24.9 Å². The van der Waals surface area contributed by atoms with Crippen LogP contribution in [0, 0.1) is 12.3 Å². The molecule has 4 rings (SSSR count). The van der Waals surface area contributed by atoms with E-state index >= 15 is 0 Å². The van der Waals surface area contributed by atoms with Gasteiger partial charge in [0, 0.05) is 48.1 Å². The van der Waals surface area contributed by atoms with Crippen molar-refractivity contribution in [1.29, 1.82) is 0 Å². The topological polar surface area (TPSA) is 73.9 Å². The van der Waals surface area contributed by atoms with Crippen molar-refractivity contribution in [2.24, 2.45) is 5.41 Å².